The quantitative estimate of drug-likeness (QED) is 0.204. The molecule has 3 atom stereocenters. The molecule has 10 heteroatoms. The van der Waals surface area contributed by atoms with Gasteiger partial charge in [-0.2, -0.15) is 0 Å². The van der Waals surface area contributed by atoms with Crippen LogP contribution in [0.5, 0.6) is 0 Å². The van der Waals surface area contributed by atoms with Crippen molar-refractivity contribution in [1.29, 1.82) is 0 Å². The number of hydrogen-bond acceptors (Lipinski definition) is 6. The Morgan fingerprint density at radius 2 is 1.48 bits per heavy atom. The highest BCUT2D eigenvalue weighted by Gasteiger charge is 2.29. The van der Waals surface area contributed by atoms with Gasteiger partial charge in [-0.05, 0) is 25.2 Å². The molecule has 29 heavy (non-hydrogen) atoms. The molecule has 0 aromatic heterocycles. The lowest BCUT2D eigenvalue weighted by atomic mass is 10.0. The van der Waals surface area contributed by atoms with Gasteiger partial charge in [-0.15, -0.1) is 0 Å². The van der Waals surface area contributed by atoms with E-state index in [9.17, 15) is 19.2 Å². The Bertz CT molecular complexity index is 593. The van der Waals surface area contributed by atoms with Crippen LogP contribution >= 0.6 is 0 Å². The van der Waals surface area contributed by atoms with Crippen LogP contribution in [0.2, 0.25) is 0 Å². The van der Waals surface area contributed by atoms with Crippen molar-refractivity contribution >= 4 is 23.6 Å². The molecule has 8 N–H and O–H groups in total. The minimum Gasteiger partial charge on any atom is -0.386 e. The third-order valence-corrected chi connectivity index (χ3v) is 4.20. The predicted molar refractivity (Wildman–Crippen MR) is 111 cm³/mol. The number of hydrogen-bond donors (Lipinski definition) is 6. The molecule has 0 aromatic rings. The number of carbonyl (C=O) groups is 4. The molecule has 10 nitrogen and oxygen atoms in total. The van der Waals surface area contributed by atoms with E-state index in [4.69, 9.17) is 11.5 Å². The van der Waals surface area contributed by atoms with Gasteiger partial charge in [0.15, 0.2) is 0 Å². The molecule has 0 aromatic carbocycles. The van der Waals surface area contributed by atoms with Crippen LogP contribution in [0, 0.1) is 5.92 Å². The summed E-state index contributed by atoms with van der Waals surface area (Å²) in [6.07, 6.45) is 1.91. The summed E-state index contributed by atoms with van der Waals surface area (Å²) in [5.41, 5.74) is 10.8. The number of nitrogens with one attached hydrogen (secondary N) is 4. The van der Waals surface area contributed by atoms with Gasteiger partial charge in [-0.1, -0.05) is 33.8 Å². The second-order valence-corrected chi connectivity index (χ2v) is 7.33. The van der Waals surface area contributed by atoms with Crippen molar-refractivity contribution < 1.29 is 19.2 Å². The SMILES string of the molecule is C=C(N)NCCC[C@H](NC(=O)[C@H](CCC)NC(C)=O)C(=O)N[C@H](C(N)=O)C(C)C. The van der Waals surface area contributed by atoms with E-state index in [0.717, 1.165) is 0 Å². The topological polar surface area (TPSA) is 168 Å². The molecule has 0 radical (unpaired) electrons. The Balaban J connectivity index is 5.26. The van der Waals surface area contributed by atoms with Crippen LogP contribution in [0.15, 0.2) is 12.4 Å². The van der Waals surface area contributed by atoms with E-state index < -0.39 is 35.8 Å². The van der Waals surface area contributed by atoms with E-state index in [1.807, 2.05) is 6.92 Å². The van der Waals surface area contributed by atoms with Crippen LogP contribution in [0.3, 0.4) is 0 Å². The van der Waals surface area contributed by atoms with E-state index in [-0.39, 0.29) is 11.8 Å². The molecular formula is C19H36N6O4. The molecule has 0 fully saturated rings. The zero-order chi connectivity index (χ0) is 22.6. The molecule has 166 valence electrons. The van der Waals surface area contributed by atoms with Crippen LogP contribution in [-0.2, 0) is 19.2 Å². The Labute approximate surface area is 172 Å². The van der Waals surface area contributed by atoms with Crippen LogP contribution in [0.4, 0.5) is 0 Å². The van der Waals surface area contributed by atoms with Gasteiger partial charge in [0.05, 0.1) is 5.82 Å². The van der Waals surface area contributed by atoms with Gasteiger partial charge in [0.1, 0.15) is 18.1 Å². The maximum absolute atomic E-state index is 12.7. The third-order valence-electron chi connectivity index (χ3n) is 4.20. The number of carbonyl (C=O) groups excluding carboxylic acids is 4. The van der Waals surface area contributed by atoms with Crippen LogP contribution in [0.25, 0.3) is 0 Å². The van der Waals surface area contributed by atoms with Crippen molar-refractivity contribution in [2.45, 2.75) is 71.5 Å². The summed E-state index contributed by atoms with van der Waals surface area (Å²) in [6, 6.07) is -2.50. The van der Waals surface area contributed by atoms with Crippen molar-refractivity contribution in [3.8, 4) is 0 Å². The molecule has 0 bridgehead atoms. The van der Waals surface area contributed by atoms with Crippen molar-refractivity contribution in [1.82, 2.24) is 21.3 Å². The van der Waals surface area contributed by atoms with Gasteiger partial charge in [0.25, 0.3) is 0 Å². The molecule has 0 aliphatic rings. The lowest BCUT2D eigenvalue weighted by molar-refractivity contribution is -0.133. The minimum absolute atomic E-state index is 0.206. The number of nitrogens with two attached hydrogens (primary N) is 2. The summed E-state index contributed by atoms with van der Waals surface area (Å²) in [7, 11) is 0. The van der Waals surface area contributed by atoms with Gasteiger partial charge in [0, 0.05) is 13.5 Å². The Morgan fingerprint density at radius 1 is 0.931 bits per heavy atom. The van der Waals surface area contributed by atoms with Gasteiger partial charge < -0.3 is 32.7 Å². The lowest BCUT2D eigenvalue weighted by Gasteiger charge is -2.25. The standard InChI is InChI=1S/C19H36N6O4/c1-6-8-14(23-13(5)26)18(28)24-15(9-7-10-22-12(4)20)19(29)25-16(11(2)3)17(21)27/h11,14-16,22H,4,6-10,20H2,1-3,5H3,(H2,21,27)(H,23,26)(H,24,28)(H,25,29)/t14-,15-,16-/m0/s1. The van der Waals surface area contributed by atoms with E-state index in [0.29, 0.717) is 38.0 Å². The lowest BCUT2D eigenvalue weighted by Crippen LogP contribution is -2.57. The summed E-state index contributed by atoms with van der Waals surface area (Å²) >= 11 is 0. The van der Waals surface area contributed by atoms with E-state index >= 15 is 0 Å². The summed E-state index contributed by atoms with van der Waals surface area (Å²) in [4.78, 5) is 48.4. The molecule has 0 unspecified atom stereocenters. The molecule has 0 heterocycles. The minimum atomic E-state index is -0.899. The fourth-order valence-electron chi connectivity index (χ4n) is 2.72. The maximum atomic E-state index is 12.7. The fraction of sp³-hybridized carbons (Fsp3) is 0.684. The molecule has 0 spiro atoms. The van der Waals surface area contributed by atoms with Crippen molar-refractivity contribution in [2.24, 2.45) is 17.4 Å². The van der Waals surface area contributed by atoms with E-state index in [2.05, 4.69) is 27.8 Å². The van der Waals surface area contributed by atoms with Crippen molar-refractivity contribution in [3.05, 3.63) is 12.4 Å². The van der Waals surface area contributed by atoms with E-state index in [1.165, 1.54) is 6.92 Å². The summed E-state index contributed by atoms with van der Waals surface area (Å²) in [6.45, 7) is 10.7. The maximum Gasteiger partial charge on any atom is 0.243 e. The molecule has 0 saturated heterocycles. The molecular weight excluding hydrogens is 376 g/mol. The monoisotopic (exact) mass is 412 g/mol. The first kappa shape index (κ1) is 26.2. The van der Waals surface area contributed by atoms with Crippen molar-refractivity contribution in [2.75, 3.05) is 6.54 Å². The molecule has 4 amide bonds. The predicted octanol–water partition coefficient (Wildman–Crippen LogP) is -0.798. The van der Waals surface area contributed by atoms with E-state index in [1.54, 1.807) is 13.8 Å². The first-order valence-corrected chi connectivity index (χ1v) is 9.84. The molecule has 0 aliphatic carbocycles. The molecule has 0 saturated carbocycles. The summed E-state index contributed by atoms with van der Waals surface area (Å²) in [5.74, 6) is -1.86. The second kappa shape index (κ2) is 13.4. The van der Waals surface area contributed by atoms with Crippen molar-refractivity contribution in [3.63, 3.8) is 0 Å². The van der Waals surface area contributed by atoms with Crippen LogP contribution < -0.4 is 32.7 Å². The Hall–Kier alpha value is -2.78. The largest absolute Gasteiger partial charge is 0.386 e. The second-order valence-electron chi connectivity index (χ2n) is 7.33. The summed E-state index contributed by atoms with van der Waals surface area (Å²) < 4.78 is 0. The Kier molecular flexibility index (Phi) is 12.1. The first-order valence-electron chi connectivity index (χ1n) is 9.84. The zero-order valence-electron chi connectivity index (χ0n) is 17.8. The van der Waals surface area contributed by atoms with Crippen LogP contribution in [0.1, 0.15) is 53.4 Å². The highest BCUT2D eigenvalue weighted by molar-refractivity contribution is 5.93. The van der Waals surface area contributed by atoms with Gasteiger partial charge in [-0.3, -0.25) is 19.2 Å². The highest BCUT2D eigenvalue weighted by Crippen LogP contribution is 2.06. The normalized spacial score (nSPS) is 13.7. The molecule has 0 aliphatic heterocycles. The average molecular weight is 413 g/mol. The number of amides is 4. The molecule has 0 rings (SSSR count). The fourth-order valence-corrected chi connectivity index (χ4v) is 2.72. The third kappa shape index (κ3) is 11.0. The van der Waals surface area contributed by atoms with Gasteiger partial charge in [-0.25, -0.2) is 0 Å². The number of primary amides is 1. The summed E-state index contributed by atoms with van der Waals surface area (Å²) in [5, 5.41) is 10.7. The number of rotatable bonds is 14. The van der Waals surface area contributed by atoms with Crippen LogP contribution in [-0.4, -0.2) is 48.3 Å². The smallest absolute Gasteiger partial charge is 0.243 e. The Morgan fingerprint density at radius 3 is 1.93 bits per heavy atom. The first-order chi connectivity index (χ1) is 13.5. The average Bonchev–Trinajstić information content (AvgIpc) is 2.60. The van der Waals surface area contributed by atoms with Gasteiger partial charge in [0.2, 0.25) is 23.6 Å². The zero-order valence-corrected chi connectivity index (χ0v) is 17.8. The highest BCUT2D eigenvalue weighted by atomic mass is 16.2. The van der Waals surface area contributed by atoms with Gasteiger partial charge >= 0.3 is 0 Å².